The number of carboxylic acids is 1. The highest BCUT2D eigenvalue weighted by Gasteiger charge is 2.25. The van der Waals surface area contributed by atoms with Gasteiger partial charge in [0.25, 0.3) is 0 Å². The van der Waals surface area contributed by atoms with Crippen LogP contribution in [0, 0.1) is 0 Å². The number of hydrogen-bond acceptors (Lipinski definition) is 4. The minimum atomic E-state index is -1.02. The van der Waals surface area contributed by atoms with Gasteiger partial charge in [0.1, 0.15) is 11.3 Å². The maximum Gasteiger partial charge on any atom is 0.339 e. The predicted molar refractivity (Wildman–Crippen MR) is 58.7 cm³/mol. The molecule has 0 aromatic heterocycles. The van der Waals surface area contributed by atoms with Crippen molar-refractivity contribution in [1.29, 1.82) is 0 Å². The van der Waals surface area contributed by atoms with Crippen molar-refractivity contribution in [2.75, 3.05) is 26.1 Å². The van der Waals surface area contributed by atoms with Gasteiger partial charge in [0.2, 0.25) is 0 Å². The van der Waals surface area contributed by atoms with E-state index >= 15 is 0 Å². The van der Waals surface area contributed by atoms with Crippen LogP contribution in [0.15, 0.2) is 6.07 Å². The molecular formula is C11H13NO4. The summed E-state index contributed by atoms with van der Waals surface area (Å²) in [6.07, 6.45) is 0.814. The zero-order valence-electron chi connectivity index (χ0n) is 9.16. The summed E-state index contributed by atoms with van der Waals surface area (Å²) in [5.41, 5.74) is 1.83. The van der Waals surface area contributed by atoms with Crippen LogP contribution in [-0.4, -0.2) is 31.8 Å². The quantitative estimate of drug-likeness (QED) is 0.810. The van der Waals surface area contributed by atoms with E-state index in [1.165, 1.54) is 20.3 Å². The first-order valence-corrected chi connectivity index (χ1v) is 4.94. The Labute approximate surface area is 93.0 Å². The van der Waals surface area contributed by atoms with Crippen LogP contribution in [0.3, 0.4) is 0 Å². The standard InChI is InChI=1S/C11H13NO4/c1-15-8-5-7(11(13)14)10(16-2)9-6(8)3-4-12-9/h5,12H,3-4H2,1-2H3,(H,13,14). The fourth-order valence-corrected chi connectivity index (χ4v) is 1.98. The number of benzene rings is 1. The minimum Gasteiger partial charge on any atom is -0.496 e. The fraction of sp³-hybridized carbons (Fsp3) is 0.364. The van der Waals surface area contributed by atoms with Gasteiger partial charge < -0.3 is 19.9 Å². The number of nitrogens with one attached hydrogen (secondary N) is 1. The topological polar surface area (TPSA) is 67.8 Å². The number of aromatic carboxylic acids is 1. The number of carbonyl (C=O) groups is 1. The highest BCUT2D eigenvalue weighted by atomic mass is 16.5. The number of carboxylic acid groups (broad SMARTS) is 1. The summed E-state index contributed by atoms with van der Waals surface area (Å²) in [5, 5.41) is 12.2. The Kier molecular flexibility index (Phi) is 2.60. The molecule has 0 radical (unpaired) electrons. The van der Waals surface area contributed by atoms with E-state index in [9.17, 15) is 4.79 Å². The molecule has 0 amide bonds. The third kappa shape index (κ3) is 1.44. The minimum absolute atomic E-state index is 0.118. The van der Waals surface area contributed by atoms with Gasteiger partial charge in [0, 0.05) is 12.1 Å². The average molecular weight is 223 g/mol. The average Bonchev–Trinajstić information content (AvgIpc) is 2.75. The number of methoxy groups -OCH3 is 2. The molecular weight excluding hydrogens is 210 g/mol. The number of anilines is 1. The summed E-state index contributed by atoms with van der Waals surface area (Å²) in [5.74, 6) is -0.0503. The molecule has 16 heavy (non-hydrogen) atoms. The number of ether oxygens (including phenoxy) is 2. The fourth-order valence-electron chi connectivity index (χ4n) is 1.98. The molecule has 0 spiro atoms. The molecule has 0 saturated heterocycles. The zero-order chi connectivity index (χ0) is 11.7. The molecule has 1 aliphatic heterocycles. The van der Waals surface area contributed by atoms with E-state index in [2.05, 4.69) is 5.32 Å². The van der Waals surface area contributed by atoms with Gasteiger partial charge in [-0.15, -0.1) is 0 Å². The highest BCUT2D eigenvalue weighted by molar-refractivity contribution is 5.95. The molecule has 1 aromatic carbocycles. The molecule has 0 bridgehead atoms. The van der Waals surface area contributed by atoms with E-state index in [1.54, 1.807) is 0 Å². The van der Waals surface area contributed by atoms with Gasteiger partial charge in [-0.1, -0.05) is 0 Å². The SMILES string of the molecule is COc1cc(C(=O)O)c(OC)c2c1CCN2. The Morgan fingerprint density at radius 1 is 1.44 bits per heavy atom. The third-order valence-electron chi connectivity index (χ3n) is 2.68. The van der Waals surface area contributed by atoms with Crippen molar-refractivity contribution >= 4 is 11.7 Å². The molecule has 5 heteroatoms. The van der Waals surface area contributed by atoms with Crippen LogP contribution in [0.5, 0.6) is 11.5 Å². The lowest BCUT2D eigenvalue weighted by molar-refractivity contribution is 0.0693. The number of hydrogen-bond donors (Lipinski definition) is 2. The maximum absolute atomic E-state index is 11.1. The molecule has 0 aliphatic carbocycles. The van der Waals surface area contributed by atoms with Gasteiger partial charge in [-0.05, 0) is 12.5 Å². The Hall–Kier alpha value is -1.91. The second kappa shape index (κ2) is 3.92. The maximum atomic E-state index is 11.1. The van der Waals surface area contributed by atoms with Crippen LogP contribution < -0.4 is 14.8 Å². The Morgan fingerprint density at radius 3 is 2.75 bits per heavy atom. The van der Waals surface area contributed by atoms with E-state index in [-0.39, 0.29) is 5.56 Å². The van der Waals surface area contributed by atoms with Crippen molar-refractivity contribution < 1.29 is 19.4 Å². The molecule has 86 valence electrons. The van der Waals surface area contributed by atoms with E-state index in [1.807, 2.05) is 0 Å². The first kappa shape index (κ1) is 10.6. The first-order chi connectivity index (χ1) is 7.69. The molecule has 2 N–H and O–H groups in total. The molecule has 0 atom stereocenters. The Morgan fingerprint density at radius 2 is 2.19 bits per heavy atom. The zero-order valence-corrected chi connectivity index (χ0v) is 9.16. The summed E-state index contributed by atoms with van der Waals surface area (Å²) in [7, 11) is 3.00. The smallest absolute Gasteiger partial charge is 0.339 e. The molecule has 1 heterocycles. The molecule has 5 nitrogen and oxygen atoms in total. The molecule has 1 aliphatic rings. The van der Waals surface area contributed by atoms with Crippen molar-refractivity contribution in [1.82, 2.24) is 0 Å². The molecule has 0 saturated carbocycles. The van der Waals surface area contributed by atoms with E-state index < -0.39 is 5.97 Å². The van der Waals surface area contributed by atoms with E-state index in [4.69, 9.17) is 14.6 Å². The van der Waals surface area contributed by atoms with Crippen molar-refractivity contribution in [3.63, 3.8) is 0 Å². The van der Waals surface area contributed by atoms with Crippen molar-refractivity contribution in [2.24, 2.45) is 0 Å². The second-order valence-electron chi connectivity index (χ2n) is 3.50. The summed E-state index contributed by atoms with van der Waals surface area (Å²) >= 11 is 0. The Balaban J connectivity index is 2.68. The van der Waals surface area contributed by atoms with Crippen LogP contribution in [0.1, 0.15) is 15.9 Å². The summed E-state index contributed by atoms with van der Waals surface area (Å²) in [6, 6.07) is 1.51. The molecule has 0 fully saturated rings. The lowest BCUT2D eigenvalue weighted by Crippen LogP contribution is -2.04. The third-order valence-corrected chi connectivity index (χ3v) is 2.68. The van der Waals surface area contributed by atoms with Crippen molar-refractivity contribution in [3.8, 4) is 11.5 Å². The van der Waals surface area contributed by atoms with Gasteiger partial charge in [-0.3, -0.25) is 0 Å². The summed E-state index contributed by atoms with van der Waals surface area (Å²) in [4.78, 5) is 11.1. The van der Waals surface area contributed by atoms with Crippen molar-refractivity contribution in [3.05, 3.63) is 17.2 Å². The summed E-state index contributed by atoms with van der Waals surface area (Å²) in [6.45, 7) is 0.769. The van der Waals surface area contributed by atoms with Crippen LogP contribution in [0.4, 0.5) is 5.69 Å². The van der Waals surface area contributed by atoms with Crippen LogP contribution in [0.2, 0.25) is 0 Å². The van der Waals surface area contributed by atoms with E-state index in [0.717, 1.165) is 24.2 Å². The molecule has 1 aromatic rings. The van der Waals surface area contributed by atoms with Gasteiger partial charge in [0.15, 0.2) is 5.75 Å². The normalized spacial score (nSPS) is 12.9. The lowest BCUT2D eigenvalue weighted by Gasteiger charge is -2.13. The monoisotopic (exact) mass is 223 g/mol. The number of fused-ring (bicyclic) bond motifs is 1. The van der Waals surface area contributed by atoms with Gasteiger partial charge in [-0.25, -0.2) is 4.79 Å². The van der Waals surface area contributed by atoms with Gasteiger partial charge in [-0.2, -0.15) is 0 Å². The second-order valence-corrected chi connectivity index (χ2v) is 3.50. The Bertz CT molecular complexity index is 442. The highest BCUT2D eigenvalue weighted by Crippen LogP contribution is 2.41. The lowest BCUT2D eigenvalue weighted by atomic mass is 10.1. The van der Waals surface area contributed by atoms with E-state index in [0.29, 0.717) is 11.5 Å². The van der Waals surface area contributed by atoms with Crippen LogP contribution >= 0.6 is 0 Å². The largest absolute Gasteiger partial charge is 0.496 e. The number of rotatable bonds is 3. The van der Waals surface area contributed by atoms with Gasteiger partial charge >= 0.3 is 5.97 Å². The first-order valence-electron chi connectivity index (χ1n) is 4.94. The molecule has 2 rings (SSSR count). The predicted octanol–water partition coefficient (Wildman–Crippen LogP) is 1.37. The van der Waals surface area contributed by atoms with Crippen LogP contribution in [-0.2, 0) is 6.42 Å². The summed E-state index contributed by atoms with van der Waals surface area (Å²) < 4.78 is 10.3. The molecule has 0 unspecified atom stereocenters. The van der Waals surface area contributed by atoms with Gasteiger partial charge in [0.05, 0.1) is 19.9 Å². The van der Waals surface area contributed by atoms with Crippen LogP contribution in [0.25, 0.3) is 0 Å². The van der Waals surface area contributed by atoms with Crippen molar-refractivity contribution in [2.45, 2.75) is 6.42 Å².